The van der Waals surface area contributed by atoms with Crippen LogP contribution >= 0.6 is 35.0 Å². The molecule has 0 spiro atoms. The highest BCUT2D eigenvalue weighted by molar-refractivity contribution is 8.00. The Labute approximate surface area is 132 Å². The molecule has 7 heteroatoms. The number of pyridine rings is 1. The van der Waals surface area contributed by atoms with Gasteiger partial charge >= 0.3 is 0 Å². The Morgan fingerprint density at radius 3 is 2.65 bits per heavy atom. The molecule has 0 saturated carbocycles. The molecule has 4 nitrogen and oxygen atoms in total. The molecule has 0 bridgehead atoms. The average molecular weight is 330 g/mol. The molecule has 1 aliphatic rings. The first-order valence-electron chi connectivity index (χ1n) is 6.08. The summed E-state index contributed by atoms with van der Waals surface area (Å²) in [6.45, 7) is 1.13. The number of aromatic nitrogens is 1. The summed E-state index contributed by atoms with van der Waals surface area (Å²) in [6, 6.07) is 3.88. The van der Waals surface area contributed by atoms with E-state index in [2.05, 4.69) is 11.1 Å². The highest BCUT2D eigenvalue weighted by Crippen LogP contribution is 2.34. The predicted octanol–water partition coefficient (Wildman–Crippen LogP) is 3.25. The maximum absolute atomic E-state index is 12.3. The fourth-order valence-electron chi connectivity index (χ4n) is 2.15. The molecule has 0 unspecified atom stereocenters. The number of amides is 1. The van der Waals surface area contributed by atoms with E-state index in [4.69, 9.17) is 23.2 Å². The van der Waals surface area contributed by atoms with Gasteiger partial charge in [-0.2, -0.15) is 5.26 Å². The van der Waals surface area contributed by atoms with Crippen molar-refractivity contribution in [2.45, 2.75) is 17.6 Å². The van der Waals surface area contributed by atoms with Crippen LogP contribution in [0.1, 0.15) is 23.2 Å². The Bertz CT molecular complexity index is 565. The van der Waals surface area contributed by atoms with Crippen molar-refractivity contribution in [3.8, 4) is 6.07 Å². The van der Waals surface area contributed by atoms with Crippen molar-refractivity contribution >= 4 is 40.9 Å². The smallest absolute Gasteiger partial charge is 0.255 e. The number of hydrogen-bond donors (Lipinski definition) is 0. The average Bonchev–Trinajstić information content (AvgIpc) is 2.49. The summed E-state index contributed by atoms with van der Waals surface area (Å²) < 4.78 is -0.368. The molecule has 2 rings (SSSR count). The van der Waals surface area contributed by atoms with Gasteiger partial charge in [-0.1, -0.05) is 23.2 Å². The molecule has 0 atom stereocenters. The van der Waals surface area contributed by atoms with Crippen LogP contribution in [-0.4, -0.2) is 39.9 Å². The maximum Gasteiger partial charge on any atom is 0.255 e. The normalized spacial score (nSPS) is 17.6. The number of carbonyl (C=O) groups excluding carboxylic acids is 1. The Balaban J connectivity index is 2.09. The molecule has 1 aromatic heterocycles. The van der Waals surface area contributed by atoms with E-state index in [-0.39, 0.29) is 20.8 Å². The summed E-state index contributed by atoms with van der Waals surface area (Å²) in [7, 11) is 0. The van der Waals surface area contributed by atoms with Crippen molar-refractivity contribution in [2.24, 2.45) is 0 Å². The first kappa shape index (κ1) is 15.4. The van der Waals surface area contributed by atoms with Crippen molar-refractivity contribution in [1.29, 1.82) is 5.26 Å². The lowest BCUT2D eigenvalue weighted by atomic mass is 9.97. The van der Waals surface area contributed by atoms with Gasteiger partial charge in [-0.05, 0) is 25.2 Å². The van der Waals surface area contributed by atoms with Crippen molar-refractivity contribution in [3.05, 3.63) is 28.0 Å². The highest BCUT2D eigenvalue weighted by atomic mass is 35.5. The molecule has 1 aromatic rings. The second-order valence-electron chi connectivity index (χ2n) is 4.60. The SMILES string of the molecule is CSC1(C#N)CCN(C(=O)c2cnc(Cl)c(Cl)c2)CC1. The fraction of sp³-hybridized carbons (Fsp3) is 0.462. The third-order valence-electron chi connectivity index (χ3n) is 3.50. The topological polar surface area (TPSA) is 57.0 Å². The van der Waals surface area contributed by atoms with E-state index >= 15 is 0 Å². The molecule has 1 aliphatic heterocycles. The van der Waals surface area contributed by atoms with Gasteiger partial charge in [-0.3, -0.25) is 4.79 Å². The van der Waals surface area contributed by atoms with Gasteiger partial charge in [0.2, 0.25) is 0 Å². The number of piperidine rings is 1. The van der Waals surface area contributed by atoms with Crippen LogP contribution in [0.2, 0.25) is 10.2 Å². The van der Waals surface area contributed by atoms with E-state index in [1.165, 1.54) is 12.3 Å². The van der Waals surface area contributed by atoms with E-state index in [1.54, 1.807) is 16.7 Å². The van der Waals surface area contributed by atoms with E-state index in [0.717, 1.165) is 0 Å². The summed E-state index contributed by atoms with van der Waals surface area (Å²) in [6.07, 6.45) is 4.71. The van der Waals surface area contributed by atoms with Crippen molar-refractivity contribution < 1.29 is 4.79 Å². The van der Waals surface area contributed by atoms with Crippen LogP contribution < -0.4 is 0 Å². The van der Waals surface area contributed by atoms with Gasteiger partial charge in [0.05, 0.1) is 16.7 Å². The molecular weight excluding hydrogens is 317 g/mol. The van der Waals surface area contributed by atoms with Crippen molar-refractivity contribution in [3.63, 3.8) is 0 Å². The minimum absolute atomic E-state index is 0.122. The van der Waals surface area contributed by atoms with Gasteiger partial charge in [0.25, 0.3) is 5.91 Å². The van der Waals surface area contributed by atoms with E-state index in [1.807, 2.05) is 6.26 Å². The van der Waals surface area contributed by atoms with E-state index in [0.29, 0.717) is 31.5 Å². The first-order chi connectivity index (χ1) is 9.51. The Hall–Kier alpha value is -0.960. The van der Waals surface area contributed by atoms with Gasteiger partial charge in [0, 0.05) is 19.3 Å². The summed E-state index contributed by atoms with van der Waals surface area (Å²) in [5, 5.41) is 9.69. The van der Waals surface area contributed by atoms with Crippen LogP contribution in [0.5, 0.6) is 0 Å². The Morgan fingerprint density at radius 1 is 1.50 bits per heavy atom. The standard InChI is InChI=1S/C13H13Cl2N3OS/c1-20-13(8-16)2-4-18(5-3-13)12(19)9-6-10(14)11(15)17-7-9/h6-7H,2-5H2,1H3. The zero-order valence-electron chi connectivity index (χ0n) is 10.9. The van der Waals surface area contributed by atoms with Gasteiger partial charge in [-0.15, -0.1) is 11.8 Å². The van der Waals surface area contributed by atoms with Crippen LogP contribution in [0, 0.1) is 11.3 Å². The molecule has 106 valence electrons. The minimum Gasteiger partial charge on any atom is -0.338 e. The fourth-order valence-corrected chi connectivity index (χ4v) is 3.11. The number of hydrogen-bond acceptors (Lipinski definition) is 4. The second kappa shape index (κ2) is 6.21. The number of nitriles is 1. The number of carbonyl (C=O) groups is 1. The monoisotopic (exact) mass is 329 g/mol. The molecular formula is C13H13Cl2N3OS. The molecule has 0 N–H and O–H groups in total. The minimum atomic E-state index is -0.368. The molecule has 1 saturated heterocycles. The lowest BCUT2D eigenvalue weighted by Gasteiger charge is -2.36. The molecule has 2 heterocycles. The predicted molar refractivity (Wildman–Crippen MR) is 81.3 cm³/mol. The number of thioether (sulfide) groups is 1. The molecule has 1 fully saturated rings. The van der Waals surface area contributed by atoms with E-state index < -0.39 is 0 Å². The number of rotatable bonds is 2. The number of nitrogens with zero attached hydrogens (tertiary/aromatic N) is 3. The molecule has 0 aromatic carbocycles. The van der Waals surface area contributed by atoms with Gasteiger partial charge < -0.3 is 4.90 Å². The Morgan fingerprint density at radius 2 is 2.15 bits per heavy atom. The summed E-state index contributed by atoms with van der Waals surface area (Å²) in [4.78, 5) is 18.0. The van der Waals surface area contributed by atoms with Gasteiger partial charge in [0.1, 0.15) is 9.90 Å². The first-order valence-corrected chi connectivity index (χ1v) is 8.06. The van der Waals surface area contributed by atoms with Crippen molar-refractivity contribution in [2.75, 3.05) is 19.3 Å². The zero-order chi connectivity index (χ0) is 14.8. The molecule has 0 aliphatic carbocycles. The largest absolute Gasteiger partial charge is 0.338 e. The summed E-state index contributed by atoms with van der Waals surface area (Å²) in [5.74, 6) is -0.122. The quantitative estimate of drug-likeness (QED) is 0.781. The Kier molecular flexibility index (Phi) is 4.79. The van der Waals surface area contributed by atoms with Crippen LogP contribution in [-0.2, 0) is 0 Å². The highest BCUT2D eigenvalue weighted by Gasteiger charge is 2.35. The molecule has 20 heavy (non-hydrogen) atoms. The summed E-state index contributed by atoms with van der Waals surface area (Å²) in [5.41, 5.74) is 0.424. The number of likely N-dealkylation sites (tertiary alicyclic amines) is 1. The van der Waals surface area contributed by atoms with Crippen LogP contribution in [0.25, 0.3) is 0 Å². The van der Waals surface area contributed by atoms with Crippen LogP contribution in [0.3, 0.4) is 0 Å². The molecule has 0 radical (unpaired) electrons. The lowest BCUT2D eigenvalue weighted by Crippen LogP contribution is -2.44. The zero-order valence-corrected chi connectivity index (χ0v) is 13.2. The van der Waals surface area contributed by atoms with Crippen LogP contribution in [0.15, 0.2) is 12.3 Å². The third-order valence-corrected chi connectivity index (χ3v) is 5.46. The lowest BCUT2D eigenvalue weighted by molar-refractivity contribution is 0.0716. The summed E-state index contributed by atoms with van der Waals surface area (Å²) >= 11 is 13.2. The molecule has 1 amide bonds. The number of halogens is 2. The maximum atomic E-state index is 12.3. The second-order valence-corrected chi connectivity index (χ2v) is 6.55. The third kappa shape index (κ3) is 3.03. The van der Waals surface area contributed by atoms with Gasteiger partial charge in [-0.25, -0.2) is 4.98 Å². The van der Waals surface area contributed by atoms with Crippen LogP contribution in [0.4, 0.5) is 0 Å². The van der Waals surface area contributed by atoms with Gasteiger partial charge in [0.15, 0.2) is 0 Å². The van der Waals surface area contributed by atoms with Crippen molar-refractivity contribution in [1.82, 2.24) is 9.88 Å². The van der Waals surface area contributed by atoms with E-state index in [9.17, 15) is 10.1 Å².